The van der Waals surface area contributed by atoms with Crippen LogP contribution in [0.5, 0.6) is 0 Å². The third-order valence-electron chi connectivity index (χ3n) is 5.46. The third-order valence-corrected chi connectivity index (χ3v) is 5.46. The molecule has 3 aromatic rings. The smallest absolute Gasteiger partial charge is 0.191 e. The molecule has 1 fully saturated rings. The molecule has 6 nitrogen and oxygen atoms in total. The summed E-state index contributed by atoms with van der Waals surface area (Å²) < 4.78 is 18.9. The maximum atomic E-state index is 13.4. The quantitative estimate of drug-likeness (QED) is 0.255. The zero-order valence-corrected chi connectivity index (χ0v) is 19.9. The molecule has 1 aromatic heterocycles. The molecule has 2 heterocycles. The van der Waals surface area contributed by atoms with Crippen LogP contribution in [0.25, 0.3) is 10.9 Å². The number of H-pyrrole nitrogens is 1. The molecule has 1 aliphatic rings. The van der Waals surface area contributed by atoms with Crippen LogP contribution >= 0.6 is 24.0 Å². The molecule has 3 N–H and O–H groups in total. The number of hydrogen-bond donors (Lipinski definition) is 3. The average molecular weight is 537 g/mol. The summed E-state index contributed by atoms with van der Waals surface area (Å²) in [6.45, 7) is 4.44. The van der Waals surface area contributed by atoms with Crippen LogP contribution in [-0.4, -0.2) is 55.7 Å². The molecule has 1 unspecified atom stereocenters. The average Bonchev–Trinajstić information content (AvgIpc) is 3.21. The zero-order valence-electron chi connectivity index (χ0n) is 17.6. The number of ether oxygens (including phenoxy) is 1. The molecule has 0 spiro atoms. The number of aromatic nitrogens is 1. The van der Waals surface area contributed by atoms with E-state index in [4.69, 9.17) is 4.74 Å². The number of guanidine groups is 1. The summed E-state index contributed by atoms with van der Waals surface area (Å²) in [5.41, 5.74) is 3.31. The Balaban J connectivity index is 0.00000272. The van der Waals surface area contributed by atoms with Gasteiger partial charge in [0.05, 0.1) is 25.8 Å². The molecule has 1 aliphatic heterocycles. The highest BCUT2D eigenvalue weighted by Gasteiger charge is 2.23. The molecular formula is C23H29FIN5O. The molecule has 0 bridgehead atoms. The Morgan fingerprint density at radius 3 is 2.58 bits per heavy atom. The number of rotatable bonds is 6. The van der Waals surface area contributed by atoms with Gasteiger partial charge >= 0.3 is 0 Å². The number of halogens is 2. The van der Waals surface area contributed by atoms with E-state index < -0.39 is 0 Å². The van der Waals surface area contributed by atoms with E-state index in [-0.39, 0.29) is 35.8 Å². The summed E-state index contributed by atoms with van der Waals surface area (Å²) in [6, 6.07) is 17.2. The number of benzene rings is 2. The van der Waals surface area contributed by atoms with Gasteiger partial charge in [0.1, 0.15) is 5.82 Å². The van der Waals surface area contributed by atoms with Crippen LogP contribution in [0.3, 0.4) is 0 Å². The normalized spacial score (nSPS) is 16.0. The van der Waals surface area contributed by atoms with Crippen molar-refractivity contribution in [2.75, 3.05) is 39.9 Å². The van der Waals surface area contributed by atoms with E-state index in [0.29, 0.717) is 26.3 Å². The van der Waals surface area contributed by atoms with Crippen LogP contribution in [0.15, 0.2) is 59.6 Å². The predicted octanol–water partition coefficient (Wildman–Crippen LogP) is 3.66. The van der Waals surface area contributed by atoms with Gasteiger partial charge in [-0.3, -0.25) is 9.89 Å². The molecule has 2 aromatic carbocycles. The lowest BCUT2D eigenvalue weighted by molar-refractivity contribution is 0.0170. The van der Waals surface area contributed by atoms with Crippen molar-refractivity contribution in [1.82, 2.24) is 20.5 Å². The fourth-order valence-corrected chi connectivity index (χ4v) is 3.85. The largest absolute Gasteiger partial charge is 0.379 e. The number of fused-ring (bicyclic) bond motifs is 1. The van der Waals surface area contributed by atoms with Crippen molar-refractivity contribution in [3.05, 3.63) is 71.7 Å². The van der Waals surface area contributed by atoms with Crippen molar-refractivity contribution >= 4 is 40.8 Å². The van der Waals surface area contributed by atoms with Crippen molar-refractivity contribution in [3.8, 4) is 0 Å². The summed E-state index contributed by atoms with van der Waals surface area (Å²) in [5.74, 6) is 0.511. The van der Waals surface area contributed by atoms with Gasteiger partial charge in [-0.15, -0.1) is 24.0 Å². The fraction of sp³-hybridized carbons (Fsp3) is 0.348. The van der Waals surface area contributed by atoms with E-state index in [1.54, 1.807) is 7.05 Å². The first-order valence-electron chi connectivity index (χ1n) is 10.3. The first kappa shape index (κ1) is 23.5. The van der Waals surface area contributed by atoms with Gasteiger partial charge in [-0.05, 0) is 35.2 Å². The van der Waals surface area contributed by atoms with Gasteiger partial charge in [0.2, 0.25) is 0 Å². The molecular weight excluding hydrogens is 508 g/mol. The molecule has 4 rings (SSSR count). The van der Waals surface area contributed by atoms with E-state index >= 15 is 0 Å². The summed E-state index contributed by atoms with van der Waals surface area (Å²) in [6.07, 6.45) is 0. The van der Waals surface area contributed by atoms with Crippen molar-refractivity contribution in [3.63, 3.8) is 0 Å². The summed E-state index contributed by atoms with van der Waals surface area (Å²) in [7, 11) is 1.77. The molecule has 0 saturated carbocycles. The van der Waals surface area contributed by atoms with Gasteiger partial charge in [0, 0.05) is 37.9 Å². The van der Waals surface area contributed by atoms with E-state index in [2.05, 4.69) is 43.7 Å². The number of nitrogens with zero attached hydrogens (tertiary/aromatic N) is 2. The van der Waals surface area contributed by atoms with Crippen LogP contribution < -0.4 is 10.6 Å². The minimum atomic E-state index is -0.219. The molecule has 0 radical (unpaired) electrons. The molecule has 0 aliphatic carbocycles. The molecule has 8 heteroatoms. The highest BCUT2D eigenvalue weighted by molar-refractivity contribution is 14.0. The minimum absolute atomic E-state index is 0. The lowest BCUT2D eigenvalue weighted by Crippen LogP contribution is -2.46. The van der Waals surface area contributed by atoms with Crippen LogP contribution in [0.2, 0.25) is 0 Å². The topological polar surface area (TPSA) is 64.7 Å². The number of nitrogens with one attached hydrogen (secondary N) is 3. The second-order valence-electron chi connectivity index (χ2n) is 7.40. The zero-order chi connectivity index (χ0) is 20.8. The highest BCUT2D eigenvalue weighted by Crippen LogP contribution is 2.21. The van der Waals surface area contributed by atoms with Crippen molar-refractivity contribution in [2.45, 2.75) is 12.6 Å². The van der Waals surface area contributed by atoms with Crippen LogP contribution in [0, 0.1) is 5.82 Å². The number of aromatic amines is 1. The molecule has 1 saturated heterocycles. The van der Waals surface area contributed by atoms with Crippen LogP contribution in [0.4, 0.5) is 4.39 Å². The van der Waals surface area contributed by atoms with Gasteiger partial charge in [0.15, 0.2) is 5.96 Å². The first-order valence-corrected chi connectivity index (χ1v) is 10.3. The van der Waals surface area contributed by atoms with E-state index in [1.807, 2.05) is 24.3 Å². The Morgan fingerprint density at radius 2 is 1.87 bits per heavy atom. The predicted molar refractivity (Wildman–Crippen MR) is 133 cm³/mol. The van der Waals surface area contributed by atoms with Crippen LogP contribution in [0.1, 0.15) is 17.3 Å². The van der Waals surface area contributed by atoms with Crippen molar-refractivity contribution in [2.24, 2.45) is 4.99 Å². The Morgan fingerprint density at radius 1 is 1.13 bits per heavy atom. The van der Waals surface area contributed by atoms with Crippen molar-refractivity contribution < 1.29 is 9.13 Å². The summed E-state index contributed by atoms with van der Waals surface area (Å²) in [4.78, 5) is 10.1. The van der Waals surface area contributed by atoms with E-state index in [0.717, 1.165) is 35.8 Å². The Bertz CT molecular complexity index is 952. The Labute approximate surface area is 199 Å². The minimum Gasteiger partial charge on any atom is -0.379 e. The van der Waals surface area contributed by atoms with E-state index in [1.165, 1.54) is 17.5 Å². The van der Waals surface area contributed by atoms with Crippen molar-refractivity contribution in [1.29, 1.82) is 0 Å². The lowest BCUT2D eigenvalue weighted by atomic mass is 10.0. The van der Waals surface area contributed by atoms with Gasteiger partial charge in [-0.1, -0.05) is 30.3 Å². The standard InChI is InChI=1S/C23H28FN5O.HI/c1-25-23(26-15-20-14-18-4-2-3-5-21(18)28-20)27-16-22(29-10-12-30-13-11-29)17-6-8-19(24)9-7-17;/h2-9,14,22,28H,10-13,15-16H2,1H3,(H2,25,26,27);1H. The van der Waals surface area contributed by atoms with Gasteiger partial charge < -0.3 is 20.4 Å². The molecule has 31 heavy (non-hydrogen) atoms. The Hall–Kier alpha value is -2.17. The fourth-order valence-electron chi connectivity index (χ4n) is 3.85. The first-order chi connectivity index (χ1) is 14.7. The molecule has 0 amide bonds. The maximum absolute atomic E-state index is 13.4. The number of morpholine rings is 1. The Kier molecular flexibility index (Phi) is 8.68. The highest BCUT2D eigenvalue weighted by atomic mass is 127. The second kappa shape index (κ2) is 11.4. The summed E-state index contributed by atoms with van der Waals surface area (Å²) in [5, 5.41) is 8.00. The van der Waals surface area contributed by atoms with Gasteiger partial charge in [-0.2, -0.15) is 0 Å². The summed E-state index contributed by atoms with van der Waals surface area (Å²) >= 11 is 0. The van der Waals surface area contributed by atoms with Gasteiger partial charge in [-0.25, -0.2) is 4.39 Å². The third kappa shape index (κ3) is 6.18. The maximum Gasteiger partial charge on any atom is 0.191 e. The molecule has 166 valence electrons. The van der Waals surface area contributed by atoms with E-state index in [9.17, 15) is 4.39 Å². The van der Waals surface area contributed by atoms with Gasteiger partial charge in [0.25, 0.3) is 0 Å². The van der Waals surface area contributed by atoms with Crippen LogP contribution in [-0.2, 0) is 11.3 Å². The molecule has 1 atom stereocenters. The second-order valence-corrected chi connectivity index (χ2v) is 7.40. The number of para-hydroxylation sites is 1. The monoisotopic (exact) mass is 537 g/mol. The number of aliphatic imine (C=N–C) groups is 1. The lowest BCUT2D eigenvalue weighted by Gasteiger charge is -2.35. The SMILES string of the molecule is CN=C(NCc1cc2ccccc2[nH]1)NCC(c1ccc(F)cc1)N1CCOCC1.I. The number of hydrogen-bond acceptors (Lipinski definition) is 3.